The minimum Gasteiger partial charge on any atom is -0.481 e. The van der Waals surface area contributed by atoms with Gasteiger partial charge in [-0.3, -0.25) is 9.78 Å². The number of alkyl halides is 3. The van der Waals surface area contributed by atoms with E-state index in [4.69, 9.17) is 5.11 Å². The van der Waals surface area contributed by atoms with Crippen LogP contribution >= 0.6 is 11.8 Å². The minimum absolute atomic E-state index is 0.201. The summed E-state index contributed by atoms with van der Waals surface area (Å²) in [6.45, 7) is 0. The predicted octanol–water partition coefficient (Wildman–Crippen LogP) is 2.28. The lowest BCUT2D eigenvalue weighted by Gasteiger charge is -2.05. The van der Waals surface area contributed by atoms with Gasteiger partial charge in [0.25, 0.3) is 0 Å². The Labute approximate surface area is 87.3 Å². The smallest absolute Gasteiger partial charge is 0.433 e. The number of pyridine rings is 1. The predicted molar refractivity (Wildman–Crippen MR) is 47.6 cm³/mol. The van der Waals surface area contributed by atoms with Gasteiger partial charge in [-0.25, -0.2) is 0 Å². The van der Waals surface area contributed by atoms with Crippen LogP contribution in [0.25, 0.3) is 0 Å². The molecule has 0 aliphatic rings. The molecule has 0 spiro atoms. The molecule has 0 fully saturated rings. The van der Waals surface area contributed by atoms with Crippen LogP contribution < -0.4 is 0 Å². The molecule has 82 valence electrons. The van der Waals surface area contributed by atoms with Crippen molar-refractivity contribution in [1.29, 1.82) is 0 Å². The van der Waals surface area contributed by atoms with Gasteiger partial charge in [0.1, 0.15) is 5.69 Å². The zero-order valence-corrected chi connectivity index (χ0v) is 8.10. The summed E-state index contributed by atoms with van der Waals surface area (Å²) in [7, 11) is 0. The van der Waals surface area contributed by atoms with E-state index in [-0.39, 0.29) is 5.75 Å². The molecule has 0 aliphatic heterocycles. The van der Waals surface area contributed by atoms with E-state index in [1.54, 1.807) is 0 Å². The number of carboxylic acid groups (broad SMARTS) is 1. The fraction of sp³-hybridized carbons (Fsp3) is 0.250. The molecule has 3 nitrogen and oxygen atoms in total. The normalized spacial score (nSPS) is 11.4. The quantitative estimate of drug-likeness (QED) is 0.819. The van der Waals surface area contributed by atoms with Crippen LogP contribution in [0.3, 0.4) is 0 Å². The Balaban J connectivity index is 2.69. The topological polar surface area (TPSA) is 50.2 Å². The van der Waals surface area contributed by atoms with E-state index in [1.165, 1.54) is 6.07 Å². The maximum Gasteiger partial charge on any atom is 0.433 e. The third-order valence-corrected chi connectivity index (χ3v) is 2.36. The molecule has 0 saturated carbocycles. The van der Waals surface area contributed by atoms with Gasteiger partial charge in [0.05, 0.1) is 5.75 Å². The highest BCUT2D eigenvalue weighted by Gasteiger charge is 2.31. The molecule has 0 bridgehead atoms. The van der Waals surface area contributed by atoms with Crippen LogP contribution in [0.15, 0.2) is 23.2 Å². The highest BCUT2D eigenvalue weighted by Crippen LogP contribution is 2.28. The molecule has 1 rings (SSSR count). The van der Waals surface area contributed by atoms with Gasteiger partial charge in [-0.05, 0) is 12.1 Å². The van der Waals surface area contributed by atoms with Crippen molar-refractivity contribution in [1.82, 2.24) is 4.98 Å². The van der Waals surface area contributed by atoms with Gasteiger partial charge in [-0.15, -0.1) is 11.8 Å². The number of carboxylic acids is 1. The van der Waals surface area contributed by atoms with Crippen LogP contribution in [0, 0.1) is 0 Å². The Bertz CT molecular complexity index is 350. The van der Waals surface area contributed by atoms with E-state index < -0.39 is 17.8 Å². The molecule has 0 aliphatic carbocycles. The van der Waals surface area contributed by atoms with Crippen molar-refractivity contribution >= 4 is 17.7 Å². The lowest BCUT2D eigenvalue weighted by molar-refractivity contribution is -0.141. The van der Waals surface area contributed by atoms with Gasteiger partial charge in [0.15, 0.2) is 0 Å². The first-order valence-electron chi connectivity index (χ1n) is 3.77. The Morgan fingerprint density at radius 2 is 2.13 bits per heavy atom. The molecular formula is C8H6F3NO2S. The number of aromatic nitrogens is 1. The summed E-state index contributed by atoms with van der Waals surface area (Å²) < 4.78 is 36.2. The van der Waals surface area contributed by atoms with Crippen LogP contribution in [-0.2, 0) is 11.0 Å². The van der Waals surface area contributed by atoms with Gasteiger partial charge in [0.2, 0.25) is 0 Å². The number of halogens is 3. The van der Waals surface area contributed by atoms with E-state index in [0.29, 0.717) is 4.90 Å². The molecular weight excluding hydrogens is 231 g/mol. The Hall–Kier alpha value is -1.24. The Kier molecular flexibility index (Phi) is 3.57. The van der Waals surface area contributed by atoms with Crippen molar-refractivity contribution in [2.45, 2.75) is 11.1 Å². The van der Waals surface area contributed by atoms with Crippen molar-refractivity contribution in [3.63, 3.8) is 0 Å². The van der Waals surface area contributed by atoms with E-state index in [2.05, 4.69) is 4.98 Å². The molecule has 7 heteroatoms. The molecule has 0 amide bonds. The monoisotopic (exact) mass is 237 g/mol. The van der Waals surface area contributed by atoms with Crippen LogP contribution in [0.2, 0.25) is 0 Å². The van der Waals surface area contributed by atoms with E-state index in [0.717, 1.165) is 24.0 Å². The lowest BCUT2D eigenvalue weighted by atomic mass is 10.3. The maximum absolute atomic E-state index is 12.1. The van der Waals surface area contributed by atoms with Crippen molar-refractivity contribution in [3.8, 4) is 0 Å². The second-order valence-corrected chi connectivity index (χ2v) is 3.61. The third-order valence-electron chi connectivity index (χ3n) is 1.39. The second-order valence-electron chi connectivity index (χ2n) is 2.56. The van der Waals surface area contributed by atoms with Crippen molar-refractivity contribution < 1.29 is 23.1 Å². The molecule has 0 aromatic carbocycles. The Morgan fingerprint density at radius 3 is 2.53 bits per heavy atom. The highest BCUT2D eigenvalue weighted by molar-refractivity contribution is 8.00. The van der Waals surface area contributed by atoms with Gasteiger partial charge in [-0.1, -0.05) is 0 Å². The SMILES string of the molecule is O=C(O)CSc1ccc(C(F)(F)F)nc1. The molecule has 1 heterocycles. The number of aliphatic carboxylic acids is 1. The first-order valence-corrected chi connectivity index (χ1v) is 4.76. The number of thioether (sulfide) groups is 1. The Morgan fingerprint density at radius 1 is 1.47 bits per heavy atom. The van der Waals surface area contributed by atoms with Crippen molar-refractivity contribution in [2.24, 2.45) is 0 Å². The maximum atomic E-state index is 12.1. The van der Waals surface area contributed by atoms with Crippen LogP contribution in [0.5, 0.6) is 0 Å². The lowest BCUT2D eigenvalue weighted by Crippen LogP contribution is -2.07. The standard InChI is InChI=1S/C8H6F3NO2S/c9-8(10,11)6-2-1-5(3-12-6)15-4-7(13)14/h1-3H,4H2,(H,13,14). The van der Waals surface area contributed by atoms with E-state index >= 15 is 0 Å². The van der Waals surface area contributed by atoms with Gasteiger partial charge >= 0.3 is 12.1 Å². The molecule has 1 aromatic heterocycles. The fourth-order valence-corrected chi connectivity index (χ4v) is 1.36. The molecule has 0 unspecified atom stereocenters. The zero-order valence-electron chi connectivity index (χ0n) is 7.28. The largest absolute Gasteiger partial charge is 0.481 e. The highest BCUT2D eigenvalue weighted by atomic mass is 32.2. The molecule has 0 saturated heterocycles. The molecule has 1 N–H and O–H groups in total. The van der Waals surface area contributed by atoms with Crippen LogP contribution in [0.1, 0.15) is 5.69 Å². The molecule has 1 aromatic rings. The number of rotatable bonds is 3. The third kappa shape index (κ3) is 3.78. The van der Waals surface area contributed by atoms with E-state index in [9.17, 15) is 18.0 Å². The molecule has 15 heavy (non-hydrogen) atoms. The van der Waals surface area contributed by atoms with Crippen molar-refractivity contribution in [3.05, 3.63) is 24.0 Å². The number of hydrogen-bond acceptors (Lipinski definition) is 3. The number of hydrogen-bond donors (Lipinski definition) is 1. The summed E-state index contributed by atoms with van der Waals surface area (Å²) in [5, 5.41) is 8.34. The minimum atomic E-state index is -4.46. The summed E-state index contributed by atoms with van der Waals surface area (Å²) in [4.78, 5) is 13.8. The fourth-order valence-electron chi connectivity index (χ4n) is 0.778. The molecule has 0 radical (unpaired) electrons. The van der Waals surface area contributed by atoms with Gasteiger partial charge in [-0.2, -0.15) is 13.2 Å². The average molecular weight is 237 g/mol. The van der Waals surface area contributed by atoms with Gasteiger partial charge in [0, 0.05) is 11.1 Å². The van der Waals surface area contributed by atoms with E-state index in [1.807, 2.05) is 0 Å². The zero-order chi connectivity index (χ0) is 11.5. The summed E-state index contributed by atoms with van der Waals surface area (Å²) >= 11 is 0.918. The van der Waals surface area contributed by atoms with Crippen LogP contribution in [0.4, 0.5) is 13.2 Å². The summed E-state index contributed by atoms with van der Waals surface area (Å²) in [5.41, 5.74) is -0.984. The summed E-state index contributed by atoms with van der Waals surface area (Å²) in [6, 6.07) is 2.02. The average Bonchev–Trinajstić information content (AvgIpc) is 2.14. The number of carbonyl (C=O) groups is 1. The van der Waals surface area contributed by atoms with Crippen LogP contribution in [-0.4, -0.2) is 21.8 Å². The second kappa shape index (κ2) is 4.52. The van der Waals surface area contributed by atoms with Gasteiger partial charge < -0.3 is 5.11 Å². The summed E-state index contributed by atoms with van der Waals surface area (Å²) in [5.74, 6) is -1.23. The van der Waals surface area contributed by atoms with Crippen molar-refractivity contribution in [2.75, 3.05) is 5.75 Å². The summed E-state index contributed by atoms with van der Waals surface area (Å²) in [6.07, 6.45) is -3.45. The number of nitrogens with zero attached hydrogens (tertiary/aromatic N) is 1. The first-order chi connectivity index (χ1) is 6.89. The first kappa shape index (κ1) is 11.8. The molecule has 0 atom stereocenters.